The lowest BCUT2D eigenvalue weighted by Gasteiger charge is -2.20. The van der Waals surface area contributed by atoms with Gasteiger partial charge in [-0.15, -0.1) is 0 Å². The molecule has 0 aliphatic heterocycles. The Balaban J connectivity index is 2.91. The van der Waals surface area contributed by atoms with E-state index in [0.29, 0.717) is 5.92 Å². The number of nitrogens with zero attached hydrogens (tertiary/aromatic N) is 2. The van der Waals surface area contributed by atoms with Gasteiger partial charge in [-0.25, -0.2) is 4.98 Å². The summed E-state index contributed by atoms with van der Waals surface area (Å²) in [5.74, 6) is 1.58. The van der Waals surface area contributed by atoms with Crippen molar-refractivity contribution in [2.24, 2.45) is 0 Å². The van der Waals surface area contributed by atoms with Crippen molar-refractivity contribution in [2.45, 2.75) is 53.0 Å². The van der Waals surface area contributed by atoms with E-state index in [9.17, 15) is 0 Å². The van der Waals surface area contributed by atoms with Crippen LogP contribution < -0.4 is 10.2 Å². The van der Waals surface area contributed by atoms with Crippen LogP contribution in [0.4, 0.5) is 5.82 Å². The fourth-order valence-electron chi connectivity index (χ4n) is 1.97. The molecule has 1 rings (SSSR count). The summed E-state index contributed by atoms with van der Waals surface area (Å²) in [6, 6.07) is 4.44. The molecular formula is C16H29N3. The maximum Gasteiger partial charge on any atom is 0.128 e. The third kappa shape index (κ3) is 5.19. The van der Waals surface area contributed by atoms with Crippen molar-refractivity contribution >= 4 is 5.82 Å². The van der Waals surface area contributed by atoms with Gasteiger partial charge in [0.1, 0.15) is 5.82 Å². The Morgan fingerprint density at radius 3 is 2.58 bits per heavy atom. The molecule has 0 aliphatic carbocycles. The van der Waals surface area contributed by atoms with E-state index < -0.39 is 0 Å². The first-order chi connectivity index (χ1) is 9.08. The molecule has 0 amide bonds. The highest BCUT2D eigenvalue weighted by Crippen LogP contribution is 2.20. The number of aromatic nitrogens is 1. The van der Waals surface area contributed by atoms with Gasteiger partial charge in [0.2, 0.25) is 0 Å². The molecule has 0 saturated heterocycles. The number of hydrogen-bond donors (Lipinski definition) is 1. The number of rotatable bonds is 8. The Morgan fingerprint density at radius 2 is 2.00 bits per heavy atom. The first-order valence-corrected chi connectivity index (χ1v) is 7.51. The summed E-state index contributed by atoms with van der Waals surface area (Å²) in [7, 11) is 2.14. The van der Waals surface area contributed by atoms with Crippen molar-refractivity contribution in [1.29, 1.82) is 0 Å². The van der Waals surface area contributed by atoms with Crippen molar-refractivity contribution in [2.75, 3.05) is 25.0 Å². The summed E-state index contributed by atoms with van der Waals surface area (Å²) in [6.07, 6.45) is 2.44. The lowest BCUT2D eigenvalue weighted by Crippen LogP contribution is -2.21. The van der Waals surface area contributed by atoms with Crippen molar-refractivity contribution < 1.29 is 0 Å². The molecule has 3 heteroatoms. The zero-order valence-electron chi connectivity index (χ0n) is 13.2. The van der Waals surface area contributed by atoms with Gasteiger partial charge in [-0.3, -0.25) is 0 Å². The summed E-state index contributed by atoms with van der Waals surface area (Å²) < 4.78 is 0. The average molecular weight is 263 g/mol. The minimum atomic E-state index is 0.472. The minimum absolute atomic E-state index is 0.472. The summed E-state index contributed by atoms with van der Waals surface area (Å²) >= 11 is 0. The van der Waals surface area contributed by atoms with Crippen LogP contribution >= 0.6 is 0 Å². The van der Waals surface area contributed by atoms with Gasteiger partial charge < -0.3 is 10.2 Å². The molecule has 0 fully saturated rings. The maximum absolute atomic E-state index is 4.79. The molecule has 0 spiro atoms. The first kappa shape index (κ1) is 16.0. The third-order valence-electron chi connectivity index (χ3n) is 3.30. The number of unbranched alkanes of at least 4 members (excludes halogenated alkanes) is 1. The predicted molar refractivity (Wildman–Crippen MR) is 83.9 cm³/mol. The van der Waals surface area contributed by atoms with Crippen LogP contribution in [0.3, 0.4) is 0 Å². The summed E-state index contributed by atoms with van der Waals surface area (Å²) in [6.45, 7) is 11.8. The van der Waals surface area contributed by atoms with Crippen LogP contribution in [0.15, 0.2) is 12.1 Å². The first-order valence-electron chi connectivity index (χ1n) is 7.51. The van der Waals surface area contributed by atoms with Crippen LogP contribution in [-0.2, 0) is 6.54 Å². The van der Waals surface area contributed by atoms with Crippen molar-refractivity contribution in [3.8, 4) is 0 Å². The largest absolute Gasteiger partial charge is 0.360 e. The highest BCUT2D eigenvalue weighted by Gasteiger charge is 2.09. The van der Waals surface area contributed by atoms with Crippen LogP contribution in [0.1, 0.15) is 57.7 Å². The van der Waals surface area contributed by atoms with Crippen LogP contribution in [0.5, 0.6) is 0 Å². The van der Waals surface area contributed by atoms with E-state index in [4.69, 9.17) is 4.98 Å². The normalized spacial score (nSPS) is 11.1. The Labute approximate surface area is 118 Å². The molecule has 0 atom stereocenters. The molecule has 0 aliphatic rings. The molecule has 3 nitrogen and oxygen atoms in total. The Hall–Kier alpha value is -1.09. The van der Waals surface area contributed by atoms with Crippen molar-refractivity contribution in [3.63, 3.8) is 0 Å². The quantitative estimate of drug-likeness (QED) is 0.777. The molecule has 0 unspecified atom stereocenters. The molecule has 0 radical (unpaired) electrons. The highest BCUT2D eigenvalue weighted by atomic mass is 15.2. The smallest absolute Gasteiger partial charge is 0.128 e. The van der Waals surface area contributed by atoms with Gasteiger partial charge in [0.25, 0.3) is 0 Å². The predicted octanol–water partition coefficient (Wildman–Crippen LogP) is 3.55. The fourth-order valence-corrected chi connectivity index (χ4v) is 1.97. The second-order valence-electron chi connectivity index (χ2n) is 5.47. The average Bonchev–Trinajstić information content (AvgIpc) is 2.42. The molecule has 1 aromatic heterocycles. The molecule has 1 aromatic rings. The van der Waals surface area contributed by atoms with Gasteiger partial charge >= 0.3 is 0 Å². The van der Waals surface area contributed by atoms with Gasteiger partial charge in [0.15, 0.2) is 0 Å². The second-order valence-corrected chi connectivity index (χ2v) is 5.47. The lowest BCUT2D eigenvalue weighted by atomic mass is 10.1. The summed E-state index contributed by atoms with van der Waals surface area (Å²) in [4.78, 5) is 7.06. The topological polar surface area (TPSA) is 28.2 Å². The Bertz CT molecular complexity index is 374. The van der Waals surface area contributed by atoms with E-state index in [0.717, 1.165) is 25.5 Å². The van der Waals surface area contributed by atoms with Crippen molar-refractivity contribution in [1.82, 2.24) is 10.3 Å². The van der Waals surface area contributed by atoms with E-state index in [1.165, 1.54) is 24.1 Å². The molecule has 0 saturated carbocycles. The van der Waals surface area contributed by atoms with Crippen LogP contribution in [0.25, 0.3) is 0 Å². The SMILES string of the molecule is CCCCN(C)c1cc(CNCC)cc(C(C)C)n1. The van der Waals surface area contributed by atoms with Crippen LogP contribution in [0, 0.1) is 0 Å². The molecule has 0 aromatic carbocycles. The van der Waals surface area contributed by atoms with Crippen LogP contribution in [-0.4, -0.2) is 25.1 Å². The lowest BCUT2D eigenvalue weighted by molar-refractivity contribution is 0.715. The van der Waals surface area contributed by atoms with Gasteiger partial charge in [0.05, 0.1) is 0 Å². The molecule has 19 heavy (non-hydrogen) atoms. The van der Waals surface area contributed by atoms with E-state index in [-0.39, 0.29) is 0 Å². The maximum atomic E-state index is 4.79. The van der Waals surface area contributed by atoms with Gasteiger partial charge in [0, 0.05) is 25.8 Å². The number of anilines is 1. The van der Waals surface area contributed by atoms with E-state index in [2.05, 4.69) is 57.1 Å². The summed E-state index contributed by atoms with van der Waals surface area (Å²) in [5, 5.41) is 3.39. The van der Waals surface area contributed by atoms with Gasteiger partial charge in [-0.2, -0.15) is 0 Å². The van der Waals surface area contributed by atoms with Gasteiger partial charge in [-0.05, 0) is 36.6 Å². The molecule has 1 N–H and O–H groups in total. The molecular weight excluding hydrogens is 234 g/mol. The zero-order chi connectivity index (χ0) is 14.3. The molecule has 1 heterocycles. The molecule has 0 bridgehead atoms. The van der Waals surface area contributed by atoms with Crippen LogP contribution in [0.2, 0.25) is 0 Å². The van der Waals surface area contributed by atoms with E-state index in [1.807, 2.05) is 0 Å². The fraction of sp³-hybridized carbons (Fsp3) is 0.688. The molecule has 108 valence electrons. The second kappa shape index (κ2) is 8.16. The Morgan fingerprint density at radius 1 is 1.26 bits per heavy atom. The van der Waals surface area contributed by atoms with Gasteiger partial charge in [-0.1, -0.05) is 34.1 Å². The highest BCUT2D eigenvalue weighted by molar-refractivity contribution is 5.42. The monoisotopic (exact) mass is 263 g/mol. The minimum Gasteiger partial charge on any atom is -0.360 e. The standard InChI is InChI=1S/C16H29N3/c1-6-8-9-19(5)16-11-14(12-17-7-2)10-15(18-16)13(3)4/h10-11,13,17H,6-9,12H2,1-5H3. The van der Waals surface area contributed by atoms with E-state index in [1.54, 1.807) is 0 Å². The Kier molecular flexibility index (Phi) is 6.85. The van der Waals surface area contributed by atoms with E-state index >= 15 is 0 Å². The summed E-state index contributed by atoms with van der Waals surface area (Å²) in [5.41, 5.74) is 2.52. The number of hydrogen-bond acceptors (Lipinski definition) is 3. The number of pyridine rings is 1. The zero-order valence-corrected chi connectivity index (χ0v) is 13.2. The number of nitrogens with one attached hydrogen (secondary N) is 1. The van der Waals surface area contributed by atoms with Crippen molar-refractivity contribution in [3.05, 3.63) is 23.4 Å². The third-order valence-corrected chi connectivity index (χ3v) is 3.30.